The molecule has 3 rings (SSSR count). The average molecular weight is 560 g/mol. The fourth-order valence-corrected chi connectivity index (χ4v) is 5.39. The largest absolute Gasteiger partial charge is 0.352 e. The van der Waals surface area contributed by atoms with Crippen LogP contribution in [0.15, 0.2) is 77.7 Å². The summed E-state index contributed by atoms with van der Waals surface area (Å²) >= 11 is 6.16. The van der Waals surface area contributed by atoms with Gasteiger partial charge in [0.15, 0.2) is 0 Å². The fraction of sp³-hybridized carbons (Fsp3) is 0.286. The second kappa shape index (κ2) is 12.4. The van der Waals surface area contributed by atoms with Crippen LogP contribution in [0, 0.1) is 12.7 Å². The van der Waals surface area contributed by atoms with E-state index >= 15 is 0 Å². The zero-order valence-corrected chi connectivity index (χ0v) is 23.3. The van der Waals surface area contributed by atoms with Gasteiger partial charge >= 0.3 is 0 Å². The lowest BCUT2D eigenvalue weighted by Gasteiger charge is -2.32. The smallest absolute Gasteiger partial charge is 0.264 e. The lowest BCUT2D eigenvalue weighted by molar-refractivity contribution is -0.139. The van der Waals surface area contributed by atoms with Crippen molar-refractivity contribution in [1.29, 1.82) is 0 Å². The Balaban J connectivity index is 2.04. The molecule has 0 aliphatic heterocycles. The van der Waals surface area contributed by atoms with Gasteiger partial charge in [0.25, 0.3) is 10.0 Å². The molecule has 7 nitrogen and oxygen atoms in total. The molecule has 10 heteroatoms. The Morgan fingerprint density at radius 1 is 0.974 bits per heavy atom. The Hall–Kier alpha value is -3.43. The highest BCUT2D eigenvalue weighted by molar-refractivity contribution is 7.92. The molecule has 1 atom stereocenters. The van der Waals surface area contributed by atoms with Gasteiger partial charge < -0.3 is 10.2 Å². The van der Waals surface area contributed by atoms with Gasteiger partial charge in [0.1, 0.15) is 18.4 Å². The molecule has 0 bridgehead atoms. The van der Waals surface area contributed by atoms with E-state index in [1.807, 2.05) is 6.92 Å². The van der Waals surface area contributed by atoms with Gasteiger partial charge in [0.2, 0.25) is 11.8 Å². The number of benzene rings is 3. The molecule has 0 saturated carbocycles. The van der Waals surface area contributed by atoms with Crippen LogP contribution in [-0.2, 0) is 26.2 Å². The molecule has 0 saturated heterocycles. The van der Waals surface area contributed by atoms with E-state index in [9.17, 15) is 22.4 Å². The minimum Gasteiger partial charge on any atom is -0.352 e. The number of amides is 2. The van der Waals surface area contributed by atoms with E-state index in [4.69, 9.17) is 11.6 Å². The maximum atomic E-state index is 14.5. The topological polar surface area (TPSA) is 86.8 Å². The summed E-state index contributed by atoms with van der Waals surface area (Å²) in [5.74, 6) is -1.67. The Morgan fingerprint density at radius 3 is 2.24 bits per heavy atom. The van der Waals surface area contributed by atoms with Crippen LogP contribution in [0.4, 0.5) is 10.1 Å². The standard InChI is InChI=1S/C28H31ClFN3O4S/c1-19(2)31-28(35)21(4)32(17-22-8-5-6-11-26(22)30)27(34)18-33(24-10-7-9-23(29)16-24)38(36,37)25-14-12-20(3)13-15-25/h5-16,19,21H,17-18H2,1-4H3,(H,31,35). The summed E-state index contributed by atoms with van der Waals surface area (Å²) in [6.07, 6.45) is 0. The lowest BCUT2D eigenvalue weighted by Crippen LogP contribution is -2.52. The second-order valence-corrected chi connectivity index (χ2v) is 11.6. The third-order valence-electron chi connectivity index (χ3n) is 5.88. The van der Waals surface area contributed by atoms with Crippen LogP contribution < -0.4 is 9.62 Å². The van der Waals surface area contributed by atoms with Crippen LogP contribution in [0.25, 0.3) is 0 Å². The summed E-state index contributed by atoms with van der Waals surface area (Å²) in [5, 5.41) is 3.04. The van der Waals surface area contributed by atoms with Gasteiger partial charge in [-0.25, -0.2) is 12.8 Å². The predicted octanol–water partition coefficient (Wildman–Crippen LogP) is 4.92. The first kappa shape index (κ1) is 29.1. The van der Waals surface area contributed by atoms with Crippen LogP contribution in [0.3, 0.4) is 0 Å². The zero-order chi connectivity index (χ0) is 28.0. The van der Waals surface area contributed by atoms with E-state index in [1.54, 1.807) is 44.2 Å². The number of rotatable bonds is 10. The van der Waals surface area contributed by atoms with Crippen molar-refractivity contribution < 1.29 is 22.4 Å². The number of carbonyl (C=O) groups is 2. The number of anilines is 1. The third kappa shape index (κ3) is 7.11. The number of hydrogen-bond acceptors (Lipinski definition) is 4. The molecule has 0 spiro atoms. The molecular weight excluding hydrogens is 529 g/mol. The Labute approximate surface area is 228 Å². The zero-order valence-electron chi connectivity index (χ0n) is 21.7. The van der Waals surface area contributed by atoms with Gasteiger partial charge in [0, 0.05) is 23.2 Å². The van der Waals surface area contributed by atoms with E-state index in [0.717, 1.165) is 9.87 Å². The molecular formula is C28H31ClFN3O4S. The van der Waals surface area contributed by atoms with Crippen LogP contribution in [0.1, 0.15) is 31.9 Å². The molecule has 3 aromatic rings. The van der Waals surface area contributed by atoms with Crippen molar-refractivity contribution in [2.45, 2.75) is 51.2 Å². The number of sulfonamides is 1. The second-order valence-electron chi connectivity index (χ2n) is 9.26. The van der Waals surface area contributed by atoms with Crippen LogP contribution >= 0.6 is 11.6 Å². The first-order chi connectivity index (χ1) is 17.9. The molecule has 1 unspecified atom stereocenters. The van der Waals surface area contributed by atoms with Crippen molar-refractivity contribution in [3.63, 3.8) is 0 Å². The molecule has 0 fully saturated rings. The van der Waals surface area contributed by atoms with Crippen molar-refractivity contribution in [3.05, 3.63) is 94.8 Å². The summed E-state index contributed by atoms with van der Waals surface area (Å²) < 4.78 is 43.0. The summed E-state index contributed by atoms with van der Waals surface area (Å²) in [7, 11) is -4.21. The van der Waals surface area contributed by atoms with Gasteiger partial charge in [-0.15, -0.1) is 0 Å². The summed E-state index contributed by atoms with van der Waals surface area (Å²) in [6.45, 7) is 6.05. The van der Waals surface area contributed by atoms with Crippen molar-refractivity contribution >= 4 is 39.1 Å². The molecule has 2 amide bonds. The molecule has 1 N–H and O–H groups in total. The number of nitrogens with one attached hydrogen (secondary N) is 1. The van der Waals surface area contributed by atoms with Crippen LogP contribution in [-0.4, -0.2) is 43.8 Å². The highest BCUT2D eigenvalue weighted by Crippen LogP contribution is 2.27. The first-order valence-electron chi connectivity index (χ1n) is 12.1. The number of nitrogens with zero attached hydrogens (tertiary/aromatic N) is 2. The summed E-state index contributed by atoms with van der Waals surface area (Å²) in [4.78, 5) is 27.8. The molecule has 0 heterocycles. The van der Waals surface area contributed by atoms with Crippen molar-refractivity contribution in [3.8, 4) is 0 Å². The molecule has 0 radical (unpaired) electrons. The minimum absolute atomic E-state index is 0.0119. The predicted molar refractivity (Wildman–Crippen MR) is 147 cm³/mol. The highest BCUT2D eigenvalue weighted by atomic mass is 35.5. The molecule has 38 heavy (non-hydrogen) atoms. The van der Waals surface area contributed by atoms with Gasteiger partial charge in [-0.05, 0) is 64.1 Å². The quantitative estimate of drug-likeness (QED) is 0.382. The van der Waals surface area contributed by atoms with E-state index in [-0.39, 0.29) is 33.8 Å². The maximum Gasteiger partial charge on any atom is 0.264 e. The highest BCUT2D eigenvalue weighted by Gasteiger charge is 2.33. The van der Waals surface area contributed by atoms with Crippen molar-refractivity contribution in [2.24, 2.45) is 0 Å². The van der Waals surface area contributed by atoms with Gasteiger partial charge in [-0.1, -0.05) is 53.6 Å². The molecule has 0 aliphatic carbocycles. The summed E-state index contributed by atoms with van der Waals surface area (Å²) in [6, 6.07) is 17.1. The van der Waals surface area contributed by atoms with Crippen molar-refractivity contribution in [2.75, 3.05) is 10.8 Å². The number of hydrogen-bond donors (Lipinski definition) is 1. The van der Waals surface area contributed by atoms with Crippen molar-refractivity contribution in [1.82, 2.24) is 10.2 Å². The van der Waals surface area contributed by atoms with Gasteiger partial charge in [-0.2, -0.15) is 0 Å². The van der Waals surface area contributed by atoms with Gasteiger partial charge in [0.05, 0.1) is 10.6 Å². The van der Waals surface area contributed by atoms with Gasteiger partial charge in [-0.3, -0.25) is 13.9 Å². The van der Waals surface area contributed by atoms with E-state index in [2.05, 4.69) is 5.32 Å². The van der Waals surface area contributed by atoms with E-state index < -0.39 is 40.2 Å². The molecule has 0 aromatic heterocycles. The Morgan fingerprint density at radius 2 is 1.63 bits per heavy atom. The number of carbonyl (C=O) groups excluding carboxylic acids is 2. The Kier molecular flexibility index (Phi) is 9.51. The van der Waals surface area contributed by atoms with Crippen LogP contribution in [0.5, 0.6) is 0 Å². The SMILES string of the molecule is Cc1ccc(S(=O)(=O)N(CC(=O)N(Cc2ccccc2F)C(C)C(=O)NC(C)C)c2cccc(Cl)c2)cc1. The number of halogens is 2. The molecule has 3 aromatic carbocycles. The maximum absolute atomic E-state index is 14.5. The first-order valence-corrected chi connectivity index (χ1v) is 13.9. The average Bonchev–Trinajstić information content (AvgIpc) is 2.86. The fourth-order valence-electron chi connectivity index (χ4n) is 3.80. The lowest BCUT2D eigenvalue weighted by atomic mass is 10.1. The van der Waals surface area contributed by atoms with Crippen LogP contribution in [0.2, 0.25) is 5.02 Å². The van der Waals surface area contributed by atoms with E-state index in [1.165, 1.54) is 54.3 Å². The summed E-state index contributed by atoms with van der Waals surface area (Å²) in [5.41, 5.74) is 1.24. The Bertz CT molecular complexity index is 1400. The number of aryl methyl sites for hydroxylation is 1. The normalized spacial score (nSPS) is 12.2. The van der Waals surface area contributed by atoms with E-state index in [0.29, 0.717) is 0 Å². The molecule has 0 aliphatic rings. The third-order valence-corrected chi connectivity index (χ3v) is 7.90. The minimum atomic E-state index is -4.21. The monoisotopic (exact) mass is 559 g/mol. The molecule has 202 valence electrons.